The van der Waals surface area contributed by atoms with Crippen LogP contribution in [0, 0.1) is 12.8 Å². The highest BCUT2D eigenvalue weighted by molar-refractivity contribution is 7.92. The first-order chi connectivity index (χ1) is 10.4. The molecule has 0 bridgehead atoms. The molecule has 1 aromatic heterocycles. The van der Waals surface area contributed by atoms with Gasteiger partial charge in [-0.05, 0) is 19.3 Å². The van der Waals surface area contributed by atoms with Crippen molar-refractivity contribution in [3.63, 3.8) is 0 Å². The van der Waals surface area contributed by atoms with Crippen molar-refractivity contribution in [1.82, 2.24) is 10.1 Å². The normalized spacial score (nSPS) is 25.2. The summed E-state index contributed by atoms with van der Waals surface area (Å²) in [6.07, 6.45) is 0.832. The lowest BCUT2D eigenvalue weighted by molar-refractivity contribution is -0.130. The standard InChI is InChI=1S/C12H16N2O4S.CH2O2/c1-8-4-10(18-13-8)5-12(15)14-6-9-2-3-19(16,17)11(9)7-14;2-1-3/h4,9,11H,2-3,5-7H2,1H3;1H,(H,2,3)/t9-,11+;/m0./s1. The zero-order valence-corrected chi connectivity index (χ0v) is 13.0. The number of rotatable bonds is 2. The second-order valence-corrected chi connectivity index (χ2v) is 7.81. The molecule has 2 fully saturated rings. The summed E-state index contributed by atoms with van der Waals surface area (Å²) in [7, 11) is -2.99. The number of carbonyl (C=O) groups excluding carboxylic acids is 1. The van der Waals surface area contributed by atoms with Gasteiger partial charge in [0.15, 0.2) is 9.84 Å². The fourth-order valence-corrected chi connectivity index (χ4v) is 5.11. The zero-order valence-electron chi connectivity index (χ0n) is 12.1. The summed E-state index contributed by atoms with van der Waals surface area (Å²) in [5, 5.41) is 10.3. The number of nitrogens with zero attached hydrogens (tertiary/aromatic N) is 2. The van der Waals surface area contributed by atoms with E-state index in [0.717, 1.165) is 5.69 Å². The lowest BCUT2D eigenvalue weighted by Gasteiger charge is -2.16. The second-order valence-electron chi connectivity index (χ2n) is 5.47. The molecule has 2 saturated heterocycles. The van der Waals surface area contributed by atoms with Crippen molar-refractivity contribution < 1.29 is 27.6 Å². The maximum Gasteiger partial charge on any atom is 0.290 e. The minimum absolute atomic E-state index is 0.0826. The number of carbonyl (C=O) groups is 2. The van der Waals surface area contributed by atoms with Crippen LogP contribution in [0.1, 0.15) is 17.9 Å². The molecule has 1 N–H and O–H groups in total. The largest absolute Gasteiger partial charge is 0.483 e. The Kier molecular flexibility index (Phi) is 4.84. The van der Waals surface area contributed by atoms with Crippen LogP contribution >= 0.6 is 0 Å². The van der Waals surface area contributed by atoms with Crippen LogP contribution < -0.4 is 0 Å². The van der Waals surface area contributed by atoms with Crippen LogP contribution in [0.25, 0.3) is 0 Å². The van der Waals surface area contributed by atoms with Crippen molar-refractivity contribution in [1.29, 1.82) is 0 Å². The minimum Gasteiger partial charge on any atom is -0.483 e. The smallest absolute Gasteiger partial charge is 0.290 e. The quantitative estimate of drug-likeness (QED) is 0.750. The Hall–Kier alpha value is -1.90. The van der Waals surface area contributed by atoms with E-state index in [-0.39, 0.29) is 35.7 Å². The summed E-state index contributed by atoms with van der Waals surface area (Å²) < 4.78 is 28.6. The Balaban J connectivity index is 0.000000545. The van der Waals surface area contributed by atoms with Gasteiger partial charge in [0.25, 0.3) is 6.47 Å². The molecule has 0 radical (unpaired) electrons. The van der Waals surface area contributed by atoms with E-state index < -0.39 is 9.84 Å². The monoisotopic (exact) mass is 330 g/mol. The fourth-order valence-electron chi connectivity index (χ4n) is 2.96. The Morgan fingerprint density at radius 3 is 2.77 bits per heavy atom. The fraction of sp³-hybridized carbons (Fsp3) is 0.615. The van der Waals surface area contributed by atoms with Crippen molar-refractivity contribution in [2.45, 2.75) is 25.0 Å². The van der Waals surface area contributed by atoms with Gasteiger partial charge < -0.3 is 14.5 Å². The molecule has 0 saturated carbocycles. The summed E-state index contributed by atoms with van der Waals surface area (Å²) >= 11 is 0. The van der Waals surface area contributed by atoms with Gasteiger partial charge in [-0.1, -0.05) is 5.16 Å². The second kappa shape index (κ2) is 6.47. The Bertz CT molecular complexity index is 653. The van der Waals surface area contributed by atoms with Crippen LogP contribution in [0.4, 0.5) is 0 Å². The van der Waals surface area contributed by atoms with Gasteiger partial charge in [-0.3, -0.25) is 9.59 Å². The van der Waals surface area contributed by atoms with E-state index in [0.29, 0.717) is 25.3 Å². The number of amides is 1. The Morgan fingerprint density at radius 1 is 1.55 bits per heavy atom. The highest BCUT2D eigenvalue weighted by atomic mass is 32.2. The van der Waals surface area contributed by atoms with E-state index in [1.165, 1.54) is 0 Å². The lowest BCUT2D eigenvalue weighted by atomic mass is 10.1. The van der Waals surface area contributed by atoms with Gasteiger partial charge in [0.1, 0.15) is 5.76 Å². The molecule has 0 aliphatic carbocycles. The van der Waals surface area contributed by atoms with Gasteiger partial charge in [-0.2, -0.15) is 0 Å². The molecule has 8 nitrogen and oxygen atoms in total. The third-order valence-electron chi connectivity index (χ3n) is 3.97. The Labute approximate surface area is 128 Å². The van der Waals surface area contributed by atoms with Crippen LogP contribution in [0.2, 0.25) is 0 Å². The maximum absolute atomic E-state index is 12.1. The molecule has 22 heavy (non-hydrogen) atoms. The molecule has 3 rings (SSSR count). The number of aromatic nitrogens is 1. The number of carboxylic acid groups (broad SMARTS) is 1. The van der Waals surface area contributed by atoms with Crippen LogP contribution in [0.3, 0.4) is 0 Å². The van der Waals surface area contributed by atoms with Gasteiger partial charge in [0.2, 0.25) is 5.91 Å². The summed E-state index contributed by atoms with van der Waals surface area (Å²) in [6, 6.07) is 1.73. The number of aryl methyl sites for hydroxylation is 1. The summed E-state index contributed by atoms with van der Waals surface area (Å²) in [4.78, 5) is 22.1. The predicted molar refractivity (Wildman–Crippen MR) is 75.9 cm³/mol. The average molecular weight is 330 g/mol. The number of hydrogen-bond donors (Lipinski definition) is 1. The number of likely N-dealkylation sites (tertiary alicyclic amines) is 1. The van der Waals surface area contributed by atoms with E-state index in [2.05, 4.69) is 5.16 Å². The van der Waals surface area contributed by atoms with E-state index in [4.69, 9.17) is 14.4 Å². The Morgan fingerprint density at radius 2 is 2.23 bits per heavy atom. The van der Waals surface area contributed by atoms with Crippen molar-refractivity contribution >= 4 is 22.2 Å². The van der Waals surface area contributed by atoms with Crippen molar-refractivity contribution in [2.75, 3.05) is 18.8 Å². The SMILES string of the molecule is Cc1cc(CC(=O)N2C[C@@H]3CCS(=O)(=O)[C@@H]3C2)on1.O=CO. The molecular formula is C13H18N2O6S. The average Bonchev–Trinajstić information content (AvgIpc) is 3.09. The molecule has 3 heterocycles. The maximum atomic E-state index is 12.1. The van der Waals surface area contributed by atoms with Crippen LogP contribution in [-0.4, -0.2) is 60.1 Å². The van der Waals surface area contributed by atoms with Crippen LogP contribution in [0.5, 0.6) is 0 Å². The molecule has 2 atom stereocenters. The number of sulfone groups is 1. The van der Waals surface area contributed by atoms with Gasteiger partial charge in [0.05, 0.1) is 23.1 Å². The first-order valence-electron chi connectivity index (χ1n) is 6.86. The third kappa shape index (κ3) is 3.46. The topological polar surface area (TPSA) is 118 Å². The molecule has 122 valence electrons. The summed E-state index contributed by atoms with van der Waals surface area (Å²) in [6.45, 7) is 2.43. The molecular weight excluding hydrogens is 312 g/mol. The van der Waals surface area contributed by atoms with Crippen LogP contribution in [0.15, 0.2) is 10.6 Å². The van der Waals surface area contributed by atoms with E-state index in [1.54, 1.807) is 17.9 Å². The zero-order chi connectivity index (χ0) is 16.3. The van der Waals surface area contributed by atoms with E-state index in [9.17, 15) is 13.2 Å². The van der Waals surface area contributed by atoms with Gasteiger partial charge in [-0.15, -0.1) is 0 Å². The molecule has 1 amide bonds. The van der Waals surface area contributed by atoms with Gasteiger partial charge in [0, 0.05) is 19.2 Å². The first-order valence-corrected chi connectivity index (χ1v) is 8.58. The molecule has 2 aliphatic heterocycles. The summed E-state index contributed by atoms with van der Waals surface area (Å²) in [5.74, 6) is 0.833. The van der Waals surface area contributed by atoms with Crippen molar-refractivity contribution in [3.8, 4) is 0 Å². The van der Waals surface area contributed by atoms with Gasteiger partial charge >= 0.3 is 0 Å². The minimum atomic E-state index is -2.99. The molecule has 9 heteroatoms. The number of hydrogen-bond acceptors (Lipinski definition) is 6. The molecule has 0 spiro atoms. The van der Waals surface area contributed by atoms with Crippen molar-refractivity contribution in [3.05, 3.63) is 17.5 Å². The van der Waals surface area contributed by atoms with Gasteiger partial charge in [-0.25, -0.2) is 8.42 Å². The molecule has 0 aromatic carbocycles. The van der Waals surface area contributed by atoms with E-state index in [1.807, 2.05) is 0 Å². The molecule has 2 aliphatic rings. The lowest BCUT2D eigenvalue weighted by Crippen LogP contribution is -2.33. The molecule has 0 unspecified atom stereocenters. The highest BCUT2D eigenvalue weighted by Gasteiger charge is 2.47. The summed E-state index contributed by atoms with van der Waals surface area (Å²) in [5.41, 5.74) is 0.740. The van der Waals surface area contributed by atoms with Crippen LogP contribution in [-0.2, 0) is 25.8 Å². The predicted octanol–water partition coefficient (Wildman–Crippen LogP) is -0.128. The molecule has 1 aromatic rings. The van der Waals surface area contributed by atoms with Crippen molar-refractivity contribution in [2.24, 2.45) is 5.92 Å². The first kappa shape index (κ1) is 16.5. The third-order valence-corrected chi connectivity index (χ3v) is 6.23. The number of fused-ring (bicyclic) bond motifs is 1. The highest BCUT2D eigenvalue weighted by Crippen LogP contribution is 2.33. The van der Waals surface area contributed by atoms with E-state index >= 15 is 0 Å².